The van der Waals surface area contributed by atoms with Crippen LogP contribution in [0.1, 0.15) is 5.69 Å². The van der Waals surface area contributed by atoms with E-state index in [1.165, 1.54) is 0 Å². The van der Waals surface area contributed by atoms with Gasteiger partial charge in [-0.25, -0.2) is 4.68 Å². The average Bonchev–Trinajstić information content (AvgIpc) is 2.67. The molecule has 0 unspecified atom stereocenters. The van der Waals surface area contributed by atoms with Gasteiger partial charge in [0.25, 0.3) is 0 Å². The van der Waals surface area contributed by atoms with E-state index in [-0.39, 0.29) is 0 Å². The summed E-state index contributed by atoms with van der Waals surface area (Å²) in [5, 5.41) is 7.77. The van der Waals surface area contributed by atoms with Crippen molar-refractivity contribution in [1.82, 2.24) is 9.78 Å². The highest BCUT2D eigenvalue weighted by Gasteiger charge is 1.97. The Morgan fingerprint density at radius 1 is 1.27 bits per heavy atom. The summed E-state index contributed by atoms with van der Waals surface area (Å²) in [7, 11) is 0. The molecule has 0 spiro atoms. The summed E-state index contributed by atoms with van der Waals surface area (Å²) in [6, 6.07) is 9.16. The molecule has 74 valence electrons. The van der Waals surface area contributed by atoms with E-state index in [2.05, 4.69) is 15.1 Å². The molecular formula is C10H9N5. The van der Waals surface area contributed by atoms with Gasteiger partial charge in [-0.05, 0) is 30.7 Å². The zero-order valence-corrected chi connectivity index (χ0v) is 8.20. The van der Waals surface area contributed by atoms with Gasteiger partial charge < -0.3 is 0 Å². The van der Waals surface area contributed by atoms with Crippen LogP contribution in [0.5, 0.6) is 0 Å². The molecule has 2 aromatic rings. The molecule has 0 aliphatic carbocycles. The highest BCUT2D eigenvalue weighted by molar-refractivity contribution is 5.44. The number of hydrogen-bond acceptors (Lipinski definition) is 2. The molecule has 2 rings (SSSR count). The molecule has 0 atom stereocenters. The Morgan fingerprint density at radius 3 is 2.53 bits per heavy atom. The quantitative estimate of drug-likeness (QED) is 0.416. The van der Waals surface area contributed by atoms with Crippen LogP contribution in [-0.4, -0.2) is 9.78 Å². The van der Waals surface area contributed by atoms with Crippen molar-refractivity contribution in [3.05, 3.63) is 52.7 Å². The van der Waals surface area contributed by atoms with Gasteiger partial charge in [0.1, 0.15) is 0 Å². The summed E-state index contributed by atoms with van der Waals surface area (Å²) in [5.41, 5.74) is 10.8. The van der Waals surface area contributed by atoms with Crippen LogP contribution in [0.2, 0.25) is 0 Å². The summed E-state index contributed by atoms with van der Waals surface area (Å²) in [5.74, 6) is 0. The number of benzene rings is 1. The lowest BCUT2D eigenvalue weighted by molar-refractivity contribution is 0.863. The largest absolute Gasteiger partial charge is 0.241 e. The molecule has 0 fully saturated rings. The molecule has 0 radical (unpaired) electrons. The summed E-state index contributed by atoms with van der Waals surface area (Å²) >= 11 is 0. The molecule has 5 nitrogen and oxygen atoms in total. The van der Waals surface area contributed by atoms with E-state index in [1.807, 2.05) is 31.3 Å². The van der Waals surface area contributed by atoms with Crippen LogP contribution in [-0.2, 0) is 0 Å². The molecule has 0 amide bonds. The fraction of sp³-hybridized carbons (Fsp3) is 0.100. The van der Waals surface area contributed by atoms with Crippen LogP contribution in [0, 0.1) is 6.92 Å². The van der Waals surface area contributed by atoms with Gasteiger partial charge in [0.05, 0.1) is 11.4 Å². The zero-order chi connectivity index (χ0) is 10.7. The molecular weight excluding hydrogens is 190 g/mol. The molecule has 15 heavy (non-hydrogen) atoms. The van der Waals surface area contributed by atoms with Crippen molar-refractivity contribution in [2.75, 3.05) is 0 Å². The third-order valence-corrected chi connectivity index (χ3v) is 2.00. The monoisotopic (exact) mass is 199 g/mol. The summed E-state index contributed by atoms with van der Waals surface area (Å²) in [6.07, 6.45) is 1.89. The number of aromatic nitrogens is 2. The lowest BCUT2D eigenvalue weighted by atomic mass is 10.3. The molecule has 0 aliphatic heterocycles. The van der Waals surface area contributed by atoms with Crippen LogP contribution in [0.4, 0.5) is 5.69 Å². The normalized spacial score (nSPS) is 9.67. The number of hydrogen-bond donors (Lipinski definition) is 0. The van der Waals surface area contributed by atoms with Crippen LogP contribution in [0.25, 0.3) is 16.1 Å². The predicted octanol–water partition coefficient (Wildman–Crippen LogP) is 3.12. The Morgan fingerprint density at radius 2 is 2.00 bits per heavy atom. The van der Waals surface area contributed by atoms with E-state index in [4.69, 9.17) is 5.53 Å². The Balaban J connectivity index is 2.35. The third kappa shape index (κ3) is 1.98. The second-order valence-corrected chi connectivity index (χ2v) is 3.11. The summed E-state index contributed by atoms with van der Waals surface area (Å²) in [6.45, 7) is 1.94. The zero-order valence-electron chi connectivity index (χ0n) is 8.20. The molecule has 1 aromatic carbocycles. The highest BCUT2D eigenvalue weighted by atomic mass is 15.3. The first-order valence-corrected chi connectivity index (χ1v) is 4.47. The summed E-state index contributed by atoms with van der Waals surface area (Å²) in [4.78, 5) is 2.72. The number of nitrogens with zero attached hydrogens (tertiary/aromatic N) is 5. The maximum absolute atomic E-state index is 8.25. The Kier molecular flexibility index (Phi) is 2.39. The van der Waals surface area contributed by atoms with Crippen LogP contribution in [0.3, 0.4) is 0 Å². The second-order valence-electron chi connectivity index (χ2n) is 3.11. The van der Waals surface area contributed by atoms with E-state index in [0.717, 1.165) is 11.4 Å². The van der Waals surface area contributed by atoms with Gasteiger partial charge in [-0.3, -0.25) is 0 Å². The van der Waals surface area contributed by atoms with Gasteiger partial charge in [-0.1, -0.05) is 17.2 Å². The van der Waals surface area contributed by atoms with Crippen molar-refractivity contribution in [1.29, 1.82) is 0 Å². The minimum Gasteiger partial charge on any atom is -0.241 e. The van der Waals surface area contributed by atoms with E-state index < -0.39 is 0 Å². The molecule has 0 bridgehead atoms. The molecule has 0 saturated carbocycles. The van der Waals surface area contributed by atoms with Gasteiger partial charge >= 0.3 is 0 Å². The maximum Gasteiger partial charge on any atom is 0.0645 e. The average molecular weight is 199 g/mol. The number of aryl methyl sites for hydroxylation is 1. The van der Waals surface area contributed by atoms with Crippen molar-refractivity contribution < 1.29 is 0 Å². The van der Waals surface area contributed by atoms with Gasteiger partial charge in [0.15, 0.2) is 0 Å². The first-order chi connectivity index (χ1) is 7.29. The van der Waals surface area contributed by atoms with E-state index in [0.29, 0.717) is 5.69 Å². The maximum atomic E-state index is 8.25. The lowest BCUT2D eigenvalue weighted by Crippen LogP contribution is -1.93. The molecule has 5 heteroatoms. The predicted molar refractivity (Wildman–Crippen MR) is 57.1 cm³/mol. The van der Waals surface area contributed by atoms with Crippen molar-refractivity contribution in [3.63, 3.8) is 0 Å². The highest BCUT2D eigenvalue weighted by Crippen LogP contribution is 2.15. The van der Waals surface area contributed by atoms with Crippen molar-refractivity contribution in [2.24, 2.45) is 5.11 Å². The topological polar surface area (TPSA) is 66.6 Å². The SMILES string of the molecule is Cc1ccn(-c2ccc(N=[N+]=[N-])cc2)n1. The van der Waals surface area contributed by atoms with E-state index in [1.54, 1.807) is 16.8 Å². The first kappa shape index (κ1) is 9.30. The lowest BCUT2D eigenvalue weighted by Gasteiger charge is -2.00. The third-order valence-electron chi connectivity index (χ3n) is 2.00. The minimum atomic E-state index is 0.602. The minimum absolute atomic E-state index is 0.602. The van der Waals surface area contributed by atoms with Gasteiger partial charge in [-0.2, -0.15) is 5.10 Å². The standard InChI is InChI=1S/C10H9N5/c1-8-6-7-15(13-8)10-4-2-9(3-5-10)12-14-11/h2-7H,1H3. The van der Waals surface area contributed by atoms with Gasteiger partial charge in [0, 0.05) is 16.8 Å². The van der Waals surface area contributed by atoms with Crippen molar-refractivity contribution in [3.8, 4) is 5.69 Å². The first-order valence-electron chi connectivity index (χ1n) is 4.47. The second kappa shape index (κ2) is 3.86. The van der Waals surface area contributed by atoms with Crippen LogP contribution >= 0.6 is 0 Å². The Hall–Kier alpha value is -2.26. The van der Waals surface area contributed by atoms with Crippen molar-refractivity contribution in [2.45, 2.75) is 6.92 Å². The molecule has 1 heterocycles. The molecule has 0 aliphatic rings. The Labute approximate surface area is 86.6 Å². The smallest absolute Gasteiger partial charge is 0.0645 e. The van der Waals surface area contributed by atoms with Gasteiger partial charge in [-0.15, -0.1) is 0 Å². The molecule has 1 aromatic heterocycles. The van der Waals surface area contributed by atoms with Crippen LogP contribution < -0.4 is 0 Å². The van der Waals surface area contributed by atoms with Gasteiger partial charge in [0.2, 0.25) is 0 Å². The number of azide groups is 1. The fourth-order valence-corrected chi connectivity index (χ4v) is 1.28. The van der Waals surface area contributed by atoms with E-state index >= 15 is 0 Å². The Bertz CT molecular complexity index is 505. The van der Waals surface area contributed by atoms with Crippen molar-refractivity contribution >= 4 is 5.69 Å². The fourth-order valence-electron chi connectivity index (χ4n) is 1.28. The summed E-state index contributed by atoms with van der Waals surface area (Å²) < 4.78 is 1.77. The van der Waals surface area contributed by atoms with Crippen LogP contribution in [0.15, 0.2) is 41.6 Å². The number of rotatable bonds is 2. The molecule has 0 N–H and O–H groups in total. The van der Waals surface area contributed by atoms with E-state index in [9.17, 15) is 0 Å². The molecule has 0 saturated heterocycles.